The van der Waals surface area contributed by atoms with Crippen molar-refractivity contribution in [3.63, 3.8) is 0 Å². The standard InChI is InChI=1S/C32H40N4O5S/c37-31(27-13-17-36(18-14-27)41-42(39)29-12-11-26-9-4-5-10-28(26)24-29)34-30(23-25-7-2-1-3-8-25)32(38)33-15-6-16-35-19-21-40-22-20-35/h1-5,7-12,24,27,30H,6,13-23H2,(H,33,38)(H,34,37). The summed E-state index contributed by atoms with van der Waals surface area (Å²) in [5.74, 6) is -0.540. The molecule has 3 aromatic rings. The Balaban J connectivity index is 1.10. The molecule has 2 unspecified atom stereocenters. The Morgan fingerprint density at radius 3 is 2.40 bits per heavy atom. The van der Waals surface area contributed by atoms with E-state index >= 15 is 0 Å². The van der Waals surface area contributed by atoms with Crippen molar-refractivity contribution in [3.8, 4) is 0 Å². The second kappa shape index (κ2) is 15.4. The molecule has 10 heteroatoms. The van der Waals surface area contributed by atoms with E-state index in [0.717, 1.165) is 55.6 Å². The van der Waals surface area contributed by atoms with Crippen molar-refractivity contribution >= 4 is 33.7 Å². The highest BCUT2D eigenvalue weighted by Crippen LogP contribution is 2.22. The van der Waals surface area contributed by atoms with E-state index in [4.69, 9.17) is 9.02 Å². The molecule has 0 radical (unpaired) electrons. The summed E-state index contributed by atoms with van der Waals surface area (Å²) < 4.78 is 24.0. The molecule has 42 heavy (non-hydrogen) atoms. The molecule has 2 saturated heterocycles. The fourth-order valence-corrected chi connectivity index (χ4v) is 6.24. The number of rotatable bonds is 12. The zero-order valence-electron chi connectivity index (χ0n) is 23.9. The zero-order valence-corrected chi connectivity index (χ0v) is 24.7. The Morgan fingerprint density at radius 2 is 1.64 bits per heavy atom. The van der Waals surface area contributed by atoms with E-state index in [1.807, 2.05) is 72.8 Å². The first kappa shape index (κ1) is 30.3. The highest BCUT2D eigenvalue weighted by Gasteiger charge is 2.30. The number of carbonyl (C=O) groups excluding carboxylic acids is 2. The lowest BCUT2D eigenvalue weighted by Gasteiger charge is -2.30. The molecule has 0 aromatic heterocycles. The van der Waals surface area contributed by atoms with Gasteiger partial charge < -0.3 is 15.4 Å². The summed E-state index contributed by atoms with van der Waals surface area (Å²) in [5, 5.41) is 9.83. The molecular formula is C32H40N4O5S. The van der Waals surface area contributed by atoms with Crippen molar-refractivity contribution < 1.29 is 22.8 Å². The van der Waals surface area contributed by atoms with Crippen LogP contribution in [-0.4, -0.2) is 84.5 Å². The Bertz CT molecular complexity index is 1340. The maximum absolute atomic E-state index is 13.3. The topological polar surface area (TPSA) is 100 Å². The molecule has 2 aliphatic rings. The molecule has 0 bridgehead atoms. The number of piperidine rings is 1. The third-order valence-electron chi connectivity index (χ3n) is 7.88. The van der Waals surface area contributed by atoms with Gasteiger partial charge >= 0.3 is 0 Å². The van der Waals surface area contributed by atoms with Crippen molar-refractivity contribution in [1.82, 2.24) is 20.6 Å². The molecule has 0 spiro atoms. The number of carbonyl (C=O) groups is 2. The number of ether oxygens (including phenoxy) is 1. The van der Waals surface area contributed by atoms with Crippen LogP contribution in [0.2, 0.25) is 0 Å². The first-order valence-corrected chi connectivity index (χ1v) is 15.9. The van der Waals surface area contributed by atoms with Crippen LogP contribution in [0.4, 0.5) is 0 Å². The number of morpholine rings is 1. The second-order valence-corrected chi connectivity index (χ2v) is 12.0. The maximum atomic E-state index is 13.3. The highest BCUT2D eigenvalue weighted by molar-refractivity contribution is 7.80. The lowest BCUT2D eigenvalue weighted by molar-refractivity contribution is -0.134. The predicted molar refractivity (Wildman–Crippen MR) is 163 cm³/mol. The van der Waals surface area contributed by atoms with Crippen LogP contribution in [0.1, 0.15) is 24.8 Å². The quantitative estimate of drug-likeness (QED) is 0.312. The van der Waals surface area contributed by atoms with Crippen LogP contribution >= 0.6 is 0 Å². The fourth-order valence-electron chi connectivity index (χ4n) is 5.41. The van der Waals surface area contributed by atoms with Crippen molar-refractivity contribution in [1.29, 1.82) is 0 Å². The van der Waals surface area contributed by atoms with E-state index in [9.17, 15) is 13.8 Å². The van der Waals surface area contributed by atoms with Gasteiger partial charge in [-0.15, -0.1) is 0 Å². The van der Waals surface area contributed by atoms with E-state index in [1.165, 1.54) is 0 Å². The molecular weight excluding hydrogens is 552 g/mol. The van der Waals surface area contributed by atoms with Crippen LogP contribution in [0.15, 0.2) is 77.7 Å². The monoisotopic (exact) mass is 592 g/mol. The summed E-state index contributed by atoms with van der Waals surface area (Å²) >= 11 is -1.64. The number of benzene rings is 3. The molecule has 9 nitrogen and oxygen atoms in total. The van der Waals surface area contributed by atoms with Crippen LogP contribution in [0.5, 0.6) is 0 Å². The van der Waals surface area contributed by atoms with Gasteiger partial charge in [0, 0.05) is 45.1 Å². The van der Waals surface area contributed by atoms with Gasteiger partial charge in [0.05, 0.1) is 18.1 Å². The van der Waals surface area contributed by atoms with Gasteiger partial charge in [0.25, 0.3) is 0 Å². The van der Waals surface area contributed by atoms with Gasteiger partial charge in [0.1, 0.15) is 6.04 Å². The molecule has 3 aromatic carbocycles. The molecule has 2 heterocycles. The Hall–Kier alpha value is -3.15. The van der Waals surface area contributed by atoms with Gasteiger partial charge in [-0.25, -0.2) is 4.21 Å². The first-order chi connectivity index (χ1) is 20.5. The Labute approximate surface area is 250 Å². The maximum Gasteiger partial charge on any atom is 0.242 e. The van der Waals surface area contributed by atoms with E-state index in [0.29, 0.717) is 43.8 Å². The minimum atomic E-state index is -1.64. The normalized spacial score (nSPS) is 18.4. The summed E-state index contributed by atoms with van der Waals surface area (Å²) in [4.78, 5) is 29.4. The fraction of sp³-hybridized carbons (Fsp3) is 0.438. The molecule has 0 aliphatic carbocycles. The molecule has 0 saturated carbocycles. The Kier molecular flexibility index (Phi) is 11.1. The molecule has 2 amide bonds. The molecule has 2 atom stereocenters. The number of amides is 2. The molecule has 2 fully saturated rings. The lowest BCUT2D eigenvalue weighted by atomic mass is 9.96. The number of fused-ring (bicyclic) bond motifs is 1. The van der Waals surface area contributed by atoms with Gasteiger partial charge in [-0.1, -0.05) is 60.7 Å². The van der Waals surface area contributed by atoms with Crippen LogP contribution in [0.3, 0.4) is 0 Å². The first-order valence-electron chi connectivity index (χ1n) is 14.8. The average molecular weight is 593 g/mol. The Morgan fingerprint density at radius 1 is 0.929 bits per heavy atom. The smallest absolute Gasteiger partial charge is 0.242 e. The van der Waals surface area contributed by atoms with Gasteiger partial charge in [-0.3, -0.25) is 14.5 Å². The van der Waals surface area contributed by atoms with E-state index < -0.39 is 17.1 Å². The number of hydrogen-bond acceptors (Lipinski definition) is 7. The van der Waals surface area contributed by atoms with E-state index in [1.54, 1.807) is 5.06 Å². The highest BCUT2D eigenvalue weighted by atomic mass is 32.2. The molecule has 224 valence electrons. The summed E-state index contributed by atoms with van der Waals surface area (Å²) in [6.45, 7) is 5.78. The van der Waals surface area contributed by atoms with Gasteiger partial charge in [-0.2, -0.15) is 9.35 Å². The third kappa shape index (κ3) is 8.68. The molecule has 5 rings (SSSR count). The number of nitrogens with zero attached hydrogens (tertiary/aromatic N) is 2. The number of nitrogens with one attached hydrogen (secondary N) is 2. The van der Waals surface area contributed by atoms with Gasteiger partial charge in [0.15, 0.2) is 0 Å². The largest absolute Gasteiger partial charge is 0.379 e. The number of hydrogen-bond donors (Lipinski definition) is 2. The minimum absolute atomic E-state index is 0.130. The van der Waals surface area contributed by atoms with Crippen molar-refractivity contribution in [2.24, 2.45) is 5.92 Å². The van der Waals surface area contributed by atoms with Gasteiger partial charge in [0.2, 0.25) is 22.9 Å². The summed E-state index contributed by atoms with van der Waals surface area (Å²) in [5.41, 5.74) is 0.991. The second-order valence-electron chi connectivity index (χ2n) is 10.9. The average Bonchev–Trinajstić information content (AvgIpc) is 3.03. The SMILES string of the molecule is O=C(NC(Cc1ccccc1)C(=O)NCCCN1CCOCC1)C1CCN(OS(=O)c2ccc3ccccc3c2)CC1. The summed E-state index contributed by atoms with van der Waals surface area (Å²) in [6.07, 6.45) is 2.38. The zero-order chi connectivity index (χ0) is 29.1. The predicted octanol–water partition coefficient (Wildman–Crippen LogP) is 3.07. The summed E-state index contributed by atoms with van der Waals surface area (Å²) in [7, 11) is 0. The number of hydroxylamine groups is 2. The molecule has 2 N–H and O–H groups in total. The van der Waals surface area contributed by atoms with Crippen LogP contribution in [-0.2, 0) is 36.1 Å². The lowest BCUT2D eigenvalue weighted by Crippen LogP contribution is -2.51. The van der Waals surface area contributed by atoms with Crippen molar-refractivity contribution in [3.05, 3.63) is 78.4 Å². The van der Waals surface area contributed by atoms with Crippen LogP contribution < -0.4 is 10.6 Å². The summed E-state index contributed by atoms with van der Waals surface area (Å²) in [6, 6.07) is 22.7. The van der Waals surface area contributed by atoms with Crippen LogP contribution in [0, 0.1) is 5.92 Å². The molecule has 2 aliphatic heterocycles. The van der Waals surface area contributed by atoms with Crippen molar-refractivity contribution in [2.75, 3.05) is 52.5 Å². The van der Waals surface area contributed by atoms with Crippen molar-refractivity contribution in [2.45, 2.75) is 36.6 Å². The minimum Gasteiger partial charge on any atom is -0.379 e. The third-order valence-corrected chi connectivity index (χ3v) is 8.87. The van der Waals surface area contributed by atoms with Crippen LogP contribution in [0.25, 0.3) is 10.8 Å². The van der Waals surface area contributed by atoms with E-state index in [-0.39, 0.29) is 17.7 Å². The van der Waals surface area contributed by atoms with E-state index in [2.05, 4.69) is 15.5 Å². The van der Waals surface area contributed by atoms with Gasteiger partial charge in [-0.05, 0) is 54.3 Å².